The number of methoxy groups -OCH3 is 3. The highest BCUT2D eigenvalue weighted by molar-refractivity contribution is 6.13. The summed E-state index contributed by atoms with van der Waals surface area (Å²) < 4.78 is 17.5. The van der Waals surface area contributed by atoms with Crippen molar-refractivity contribution >= 4 is 22.4 Å². The minimum atomic E-state index is -0.335. The maximum Gasteiger partial charge on any atom is 0.258 e. The van der Waals surface area contributed by atoms with Gasteiger partial charge in [0.2, 0.25) is 0 Å². The molecule has 1 heterocycles. The molecule has 7 nitrogen and oxygen atoms in total. The topological polar surface area (TPSA) is 78.8 Å². The highest BCUT2D eigenvalue weighted by Crippen LogP contribution is 2.32. The molecule has 0 unspecified atom stereocenters. The molecule has 3 rings (SSSR count). The molecule has 0 fully saturated rings. The normalized spacial score (nSPS) is 10.9. The fraction of sp³-hybridized carbons (Fsp3) is 0.304. The Kier molecular flexibility index (Phi) is 6.30. The molecule has 3 aromatic rings. The summed E-state index contributed by atoms with van der Waals surface area (Å²) >= 11 is 0. The Balaban J connectivity index is 2.18. The van der Waals surface area contributed by atoms with E-state index in [2.05, 4.69) is 5.32 Å². The number of pyridine rings is 1. The lowest BCUT2D eigenvalue weighted by Gasteiger charge is -2.16. The van der Waals surface area contributed by atoms with Crippen LogP contribution in [0.1, 0.15) is 24.2 Å². The van der Waals surface area contributed by atoms with Crippen molar-refractivity contribution in [1.29, 1.82) is 0 Å². The summed E-state index contributed by atoms with van der Waals surface area (Å²) in [5.74, 6) is 1.41. The molecule has 0 atom stereocenters. The zero-order valence-corrected chi connectivity index (χ0v) is 17.8. The monoisotopic (exact) mass is 410 g/mol. The van der Waals surface area contributed by atoms with Crippen LogP contribution in [0.2, 0.25) is 0 Å². The van der Waals surface area contributed by atoms with E-state index in [1.165, 1.54) is 14.2 Å². The molecule has 0 saturated heterocycles. The summed E-state index contributed by atoms with van der Waals surface area (Å²) in [4.78, 5) is 26.3. The van der Waals surface area contributed by atoms with Gasteiger partial charge in [-0.1, -0.05) is 19.9 Å². The number of ether oxygens (including phenoxy) is 3. The molecule has 0 bridgehead atoms. The number of nitrogens with zero attached hydrogens (tertiary/aromatic N) is 1. The van der Waals surface area contributed by atoms with Crippen molar-refractivity contribution in [2.45, 2.75) is 20.4 Å². The van der Waals surface area contributed by atoms with Crippen molar-refractivity contribution in [2.75, 3.05) is 26.6 Å². The van der Waals surface area contributed by atoms with Crippen LogP contribution in [0.3, 0.4) is 0 Å². The Labute approximate surface area is 175 Å². The third-order valence-corrected chi connectivity index (χ3v) is 4.72. The van der Waals surface area contributed by atoms with E-state index in [1.807, 2.05) is 13.8 Å². The van der Waals surface area contributed by atoms with Gasteiger partial charge in [-0.15, -0.1) is 0 Å². The van der Waals surface area contributed by atoms with Gasteiger partial charge >= 0.3 is 0 Å². The molecule has 1 aromatic heterocycles. The minimum Gasteiger partial charge on any atom is -0.497 e. The van der Waals surface area contributed by atoms with Crippen LogP contribution in [0.5, 0.6) is 17.2 Å². The molecule has 0 aliphatic carbocycles. The van der Waals surface area contributed by atoms with E-state index >= 15 is 0 Å². The van der Waals surface area contributed by atoms with E-state index in [4.69, 9.17) is 14.2 Å². The van der Waals surface area contributed by atoms with Gasteiger partial charge in [-0.25, -0.2) is 0 Å². The SMILES string of the molecule is COc1cccc(NC(=O)c2cn(CC(C)C)c(=O)c3cc(OC)c(OC)cc23)c1. The fourth-order valence-corrected chi connectivity index (χ4v) is 3.33. The third-order valence-electron chi connectivity index (χ3n) is 4.72. The molecule has 0 saturated carbocycles. The fourth-order valence-electron chi connectivity index (χ4n) is 3.33. The quantitative estimate of drug-likeness (QED) is 0.638. The van der Waals surface area contributed by atoms with Gasteiger partial charge in [-0.05, 0) is 30.2 Å². The first kappa shape index (κ1) is 21.2. The summed E-state index contributed by atoms with van der Waals surface area (Å²) in [6.45, 7) is 4.52. The summed E-state index contributed by atoms with van der Waals surface area (Å²) in [6, 6.07) is 10.4. The predicted octanol–water partition coefficient (Wildman–Crippen LogP) is 3.94. The molecule has 0 aliphatic rings. The van der Waals surface area contributed by atoms with E-state index in [-0.39, 0.29) is 17.4 Å². The molecular weight excluding hydrogens is 384 g/mol. The Morgan fingerprint density at radius 3 is 2.27 bits per heavy atom. The molecule has 0 spiro atoms. The van der Waals surface area contributed by atoms with Crippen LogP contribution >= 0.6 is 0 Å². The van der Waals surface area contributed by atoms with Crippen LogP contribution in [0, 0.1) is 5.92 Å². The number of anilines is 1. The van der Waals surface area contributed by atoms with Gasteiger partial charge in [0.1, 0.15) is 5.75 Å². The Morgan fingerprint density at radius 1 is 1.00 bits per heavy atom. The zero-order chi connectivity index (χ0) is 21.8. The standard InChI is InChI=1S/C23H26N2O5/c1-14(2)12-25-13-19(22(26)24-15-7-6-8-16(9-15)28-3)17-10-20(29-4)21(30-5)11-18(17)23(25)27/h6-11,13-14H,12H2,1-5H3,(H,24,26). The molecule has 158 valence electrons. The van der Waals surface area contributed by atoms with Crippen molar-refractivity contribution in [2.24, 2.45) is 5.92 Å². The predicted molar refractivity (Wildman–Crippen MR) is 117 cm³/mol. The number of nitrogens with one attached hydrogen (secondary N) is 1. The van der Waals surface area contributed by atoms with Crippen LogP contribution in [0.25, 0.3) is 10.8 Å². The second-order valence-electron chi connectivity index (χ2n) is 7.33. The molecular formula is C23H26N2O5. The number of hydrogen-bond acceptors (Lipinski definition) is 5. The van der Waals surface area contributed by atoms with E-state index in [0.29, 0.717) is 45.8 Å². The van der Waals surface area contributed by atoms with Crippen LogP contribution in [0.15, 0.2) is 47.4 Å². The first-order valence-corrected chi connectivity index (χ1v) is 9.62. The third kappa shape index (κ3) is 4.25. The van der Waals surface area contributed by atoms with E-state index < -0.39 is 0 Å². The highest BCUT2D eigenvalue weighted by Gasteiger charge is 2.19. The summed E-state index contributed by atoms with van der Waals surface area (Å²) in [6.07, 6.45) is 1.60. The van der Waals surface area contributed by atoms with E-state index in [0.717, 1.165) is 0 Å². The lowest BCUT2D eigenvalue weighted by molar-refractivity contribution is 0.102. The summed E-state index contributed by atoms with van der Waals surface area (Å²) in [5, 5.41) is 3.78. The number of benzene rings is 2. The second-order valence-corrected chi connectivity index (χ2v) is 7.33. The molecule has 1 amide bonds. The van der Waals surface area contributed by atoms with Gasteiger partial charge < -0.3 is 24.1 Å². The van der Waals surface area contributed by atoms with Gasteiger partial charge in [0, 0.05) is 29.9 Å². The molecule has 0 aliphatic heterocycles. The number of carbonyl (C=O) groups excluding carboxylic acids is 1. The zero-order valence-electron chi connectivity index (χ0n) is 17.8. The van der Waals surface area contributed by atoms with Crippen LogP contribution in [0.4, 0.5) is 5.69 Å². The Hall–Kier alpha value is -3.48. The number of rotatable bonds is 7. The first-order valence-electron chi connectivity index (χ1n) is 9.62. The summed E-state index contributed by atoms with van der Waals surface area (Å²) in [7, 11) is 4.59. The first-order chi connectivity index (χ1) is 14.4. The lowest BCUT2D eigenvalue weighted by atomic mass is 10.0. The maximum absolute atomic E-state index is 13.2. The summed E-state index contributed by atoms with van der Waals surface area (Å²) in [5.41, 5.74) is 0.779. The van der Waals surface area contributed by atoms with Crippen molar-refractivity contribution in [3.8, 4) is 17.2 Å². The molecule has 0 radical (unpaired) electrons. The van der Waals surface area contributed by atoms with Gasteiger partial charge in [-0.2, -0.15) is 0 Å². The molecule has 30 heavy (non-hydrogen) atoms. The van der Waals surface area contributed by atoms with Crippen molar-refractivity contribution in [3.05, 3.63) is 58.5 Å². The average Bonchev–Trinajstić information content (AvgIpc) is 2.74. The number of carbonyl (C=O) groups is 1. The lowest BCUT2D eigenvalue weighted by Crippen LogP contribution is -2.25. The average molecular weight is 410 g/mol. The molecule has 2 aromatic carbocycles. The number of hydrogen-bond donors (Lipinski definition) is 1. The smallest absolute Gasteiger partial charge is 0.258 e. The van der Waals surface area contributed by atoms with Crippen molar-refractivity contribution < 1.29 is 19.0 Å². The van der Waals surface area contributed by atoms with E-state index in [9.17, 15) is 9.59 Å². The second kappa shape index (κ2) is 8.90. The van der Waals surface area contributed by atoms with Gasteiger partial charge in [0.25, 0.3) is 11.5 Å². The van der Waals surface area contributed by atoms with E-state index in [1.54, 1.807) is 54.3 Å². The number of amides is 1. The number of aromatic nitrogens is 1. The number of fused-ring (bicyclic) bond motifs is 1. The molecule has 7 heteroatoms. The molecule has 1 N–H and O–H groups in total. The minimum absolute atomic E-state index is 0.183. The van der Waals surface area contributed by atoms with Gasteiger partial charge in [0.15, 0.2) is 11.5 Å². The highest BCUT2D eigenvalue weighted by atomic mass is 16.5. The van der Waals surface area contributed by atoms with Gasteiger partial charge in [-0.3, -0.25) is 9.59 Å². The Morgan fingerprint density at radius 2 is 1.67 bits per heavy atom. The van der Waals surface area contributed by atoms with Crippen LogP contribution in [-0.2, 0) is 6.54 Å². The van der Waals surface area contributed by atoms with Crippen LogP contribution < -0.4 is 25.1 Å². The van der Waals surface area contributed by atoms with Crippen LogP contribution in [-0.4, -0.2) is 31.8 Å². The maximum atomic E-state index is 13.2. The Bertz CT molecular complexity index is 1130. The van der Waals surface area contributed by atoms with Crippen molar-refractivity contribution in [3.63, 3.8) is 0 Å². The van der Waals surface area contributed by atoms with Crippen molar-refractivity contribution in [1.82, 2.24) is 4.57 Å². The largest absolute Gasteiger partial charge is 0.497 e. The van der Waals surface area contributed by atoms with Gasteiger partial charge in [0.05, 0.1) is 32.3 Å².